The van der Waals surface area contributed by atoms with Crippen molar-refractivity contribution < 1.29 is 9.84 Å². The summed E-state index contributed by atoms with van der Waals surface area (Å²) >= 11 is 7.46. The number of ether oxygens (including phenoxy) is 1. The Hall–Kier alpha value is -1.53. The van der Waals surface area contributed by atoms with Crippen molar-refractivity contribution in [3.63, 3.8) is 0 Å². The number of anilines is 1. The van der Waals surface area contributed by atoms with E-state index in [1.165, 1.54) is 18.4 Å². The highest BCUT2D eigenvalue weighted by Gasteiger charge is 2.10. The minimum absolute atomic E-state index is 0.0830. The molecule has 0 spiro atoms. The Balaban J connectivity index is 2.12. The maximum absolute atomic E-state index is 9.99. The van der Waals surface area contributed by atoms with Crippen LogP contribution in [-0.2, 0) is 13.0 Å². The molecular formula is C12H14ClN3O2S. The molecule has 2 rings (SSSR count). The first-order valence-electron chi connectivity index (χ1n) is 5.75. The zero-order valence-electron chi connectivity index (χ0n) is 10.6. The molecule has 0 atom stereocenters. The molecule has 0 fully saturated rings. The van der Waals surface area contributed by atoms with Gasteiger partial charge >= 0.3 is 0 Å². The van der Waals surface area contributed by atoms with Crippen LogP contribution in [0.15, 0.2) is 12.1 Å². The maximum atomic E-state index is 9.99. The van der Waals surface area contributed by atoms with Crippen molar-refractivity contribution >= 4 is 28.1 Å². The van der Waals surface area contributed by atoms with Gasteiger partial charge in [0.05, 0.1) is 7.11 Å². The van der Waals surface area contributed by atoms with Gasteiger partial charge in [-0.1, -0.05) is 29.9 Å². The predicted octanol–water partition coefficient (Wildman–Crippen LogP) is 3.08. The molecule has 0 aliphatic rings. The number of aryl methyl sites for hydroxylation is 1. The largest absolute Gasteiger partial charge is 0.504 e. The van der Waals surface area contributed by atoms with Gasteiger partial charge in [0.25, 0.3) is 0 Å². The number of hydrogen-bond donors (Lipinski definition) is 2. The van der Waals surface area contributed by atoms with Crippen molar-refractivity contribution in [2.75, 3.05) is 12.4 Å². The topological polar surface area (TPSA) is 67.3 Å². The molecule has 0 saturated carbocycles. The van der Waals surface area contributed by atoms with E-state index in [4.69, 9.17) is 16.3 Å². The van der Waals surface area contributed by atoms with E-state index in [1.54, 1.807) is 12.1 Å². The van der Waals surface area contributed by atoms with Crippen LogP contribution < -0.4 is 10.1 Å². The summed E-state index contributed by atoms with van der Waals surface area (Å²) < 4.78 is 5.05. The lowest BCUT2D eigenvalue weighted by molar-refractivity contribution is 0.371. The van der Waals surface area contributed by atoms with Gasteiger partial charge in [-0.25, -0.2) is 0 Å². The number of aromatic hydroxyl groups is 1. The number of nitrogens with one attached hydrogen (secondary N) is 1. The Labute approximate surface area is 120 Å². The van der Waals surface area contributed by atoms with Crippen LogP contribution in [0.2, 0.25) is 5.02 Å². The monoisotopic (exact) mass is 299 g/mol. The summed E-state index contributed by atoms with van der Waals surface area (Å²) in [6.07, 6.45) is 0.857. The molecule has 1 aromatic heterocycles. The number of phenols is 1. The van der Waals surface area contributed by atoms with Gasteiger partial charge in [-0.2, -0.15) is 0 Å². The van der Waals surface area contributed by atoms with Crippen molar-refractivity contribution in [3.05, 3.63) is 27.7 Å². The molecular weight excluding hydrogens is 286 g/mol. The molecule has 102 valence electrons. The molecule has 0 radical (unpaired) electrons. The molecule has 1 heterocycles. The lowest BCUT2D eigenvalue weighted by Gasteiger charge is -2.10. The van der Waals surface area contributed by atoms with Crippen LogP contribution in [0.1, 0.15) is 17.5 Å². The Morgan fingerprint density at radius 3 is 2.84 bits per heavy atom. The van der Waals surface area contributed by atoms with E-state index in [9.17, 15) is 5.11 Å². The first-order valence-corrected chi connectivity index (χ1v) is 6.95. The van der Waals surface area contributed by atoms with Gasteiger partial charge in [-0.15, -0.1) is 10.2 Å². The van der Waals surface area contributed by atoms with Gasteiger partial charge in [0.2, 0.25) is 5.13 Å². The van der Waals surface area contributed by atoms with Crippen molar-refractivity contribution in [3.8, 4) is 11.5 Å². The first-order chi connectivity index (χ1) is 9.13. The second-order valence-corrected chi connectivity index (χ2v) is 5.32. The molecule has 5 nitrogen and oxygen atoms in total. The van der Waals surface area contributed by atoms with Crippen molar-refractivity contribution in [2.24, 2.45) is 0 Å². The highest BCUT2D eigenvalue weighted by molar-refractivity contribution is 7.15. The van der Waals surface area contributed by atoms with Gasteiger partial charge in [0, 0.05) is 23.2 Å². The molecule has 2 aromatic rings. The summed E-state index contributed by atoms with van der Waals surface area (Å²) in [6.45, 7) is 2.43. The highest BCUT2D eigenvalue weighted by atomic mass is 35.5. The van der Waals surface area contributed by atoms with E-state index in [0.29, 0.717) is 22.9 Å². The van der Waals surface area contributed by atoms with Crippen LogP contribution in [-0.4, -0.2) is 22.4 Å². The van der Waals surface area contributed by atoms with Crippen LogP contribution in [0.5, 0.6) is 11.5 Å². The minimum atomic E-state index is 0.0830. The Kier molecular flexibility index (Phi) is 4.44. The normalized spacial score (nSPS) is 10.5. The number of benzene rings is 1. The van der Waals surface area contributed by atoms with Crippen molar-refractivity contribution in [1.82, 2.24) is 10.2 Å². The summed E-state index contributed by atoms with van der Waals surface area (Å²) in [5, 5.41) is 23.3. The lowest BCUT2D eigenvalue weighted by Crippen LogP contribution is -2.00. The van der Waals surface area contributed by atoms with Gasteiger partial charge in [0.1, 0.15) is 5.01 Å². The molecule has 0 unspecified atom stereocenters. The number of aromatic nitrogens is 2. The molecule has 0 amide bonds. The summed E-state index contributed by atoms with van der Waals surface area (Å²) in [6, 6.07) is 3.26. The minimum Gasteiger partial charge on any atom is -0.504 e. The Bertz CT molecular complexity index is 574. The zero-order chi connectivity index (χ0) is 13.8. The fourth-order valence-electron chi connectivity index (χ4n) is 1.56. The molecule has 7 heteroatoms. The molecule has 2 N–H and O–H groups in total. The van der Waals surface area contributed by atoms with Gasteiger partial charge < -0.3 is 15.2 Å². The maximum Gasteiger partial charge on any atom is 0.205 e. The number of rotatable bonds is 5. The lowest BCUT2D eigenvalue weighted by atomic mass is 10.2. The fraction of sp³-hybridized carbons (Fsp3) is 0.333. The van der Waals surface area contributed by atoms with Crippen LogP contribution in [0, 0.1) is 0 Å². The number of hydrogen-bond acceptors (Lipinski definition) is 6. The molecule has 19 heavy (non-hydrogen) atoms. The first kappa shape index (κ1) is 13.9. The summed E-state index contributed by atoms with van der Waals surface area (Å²) in [5.74, 6) is 0.440. The van der Waals surface area contributed by atoms with E-state index >= 15 is 0 Å². The second-order valence-electron chi connectivity index (χ2n) is 3.82. The standard InChI is InChI=1S/C12H14ClN3O2S/c1-3-10-15-16-12(19-10)14-6-7-4-8(13)5-9(18-2)11(7)17/h4-5,17H,3,6H2,1-2H3,(H,14,16). The average Bonchev–Trinajstić information content (AvgIpc) is 2.87. The predicted molar refractivity (Wildman–Crippen MR) is 76.3 cm³/mol. The van der Waals surface area contributed by atoms with Crippen LogP contribution in [0.4, 0.5) is 5.13 Å². The van der Waals surface area contributed by atoms with Crippen LogP contribution in [0.3, 0.4) is 0 Å². The van der Waals surface area contributed by atoms with E-state index < -0.39 is 0 Å². The quantitative estimate of drug-likeness (QED) is 0.888. The molecule has 0 aliphatic carbocycles. The second kappa shape index (κ2) is 6.08. The van der Waals surface area contributed by atoms with E-state index in [1.807, 2.05) is 6.92 Å². The third-order valence-electron chi connectivity index (χ3n) is 2.54. The Morgan fingerprint density at radius 2 is 2.21 bits per heavy atom. The van der Waals surface area contributed by atoms with Gasteiger partial charge in [0.15, 0.2) is 11.5 Å². The van der Waals surface area contributed by atoms with E-state index in [0.717, 1.165) is 16.6 Å². The van der Waals surface area contributed by atoms with Gasteiger partial charge in [-0.05, 0) is 12.5 Å². The van der Waals surface area contributed by atoms with E-state index in [2.05, 4.69) is 15.5 Å². The number of phenolic OH excluding ortho intramolecular Hbond substituents is 1. The third kappa shape index (κ3) is 3.27. The molecule has 0 aliphatic heterocycles. The van der Waals surface area contributed by atoms with Crippen molar-refractivity contribution in [1.29, 1.82) is 0 Å². The third-order valence-corrected chi connectivity index (χ3v) is 3.78. The fourth-order valence-corrected chi connectivity index (χ4v) is 2.46. The molecule has 1 aromatic carbocycles. The smallest absolute Gasteiger partial charge is 0.205 e. The number of methoxy groups -OCH3 is 1. The van der Waals surface area contributed by atoms with Crippen LogP contribution in [0.25, 0.3) is 0 Å². The average molecular weight is 300 g/mol. The zero-order valence-corrected chi connectivity index (χ0v) is 12.2. The summed E-state index contributed by atoms with van der Waals surface area (Å²) in [7, 11) is 1.49. The molecule has 0 bridgehead atoms. The highest BCUT2D eigenvalue weighted by Crippen LogP contribution is 2.33. The van der Waals surface area contributed by atoms with Crippen LogP contribution >= 0.6 is 22.9 Å². The van der Waals surface area contributed by atoms with E-state index in [-0.39, 0.29) is 5.75 Å². The molecule has 0 saturated heterocycles. The number of nitrogens with zero attached hydrogens (tertiary/aromatic N) is 2. The summed E-state index contributed by atoms with van der Waals surface area (Å²) in [5.41, 5.74) is 0.651. The SMILES string of the molecule is CCc1nnc(NCc2cc(Cl)cc(OC)c2O)s1. The summed E-state index contributed by atoms with van der Waals surface area (Å²) in [4.78, 5) is 0. The Morgan fingerprint density at radius 1 is 1.42 bits per heavy atom. The van der Waals surface area contributed by atoms with Gasteiger partial charge in [-0.3, -0.25) is 0 Å². The van der Waals surface area contributed by atoms with Crippen molar-refractivity contribution in [2.45, 2.75) is 19.9 Å². The number of halogens is 1.